The molecule has 10 N–H and O–H groups in total. The Morgan fingerprint density at radius 2 is 1.31 bits per heavy atom. The molecule has 0 amide bonds. The maximum Gasteiger partial charge on any atom is 0.344 e. The molecule has 45 heavy (non-hydrogen) atoms. The lowest BCUT2D eigenvalue weighted by Crippen LogP contribution is -2.59. The number of carbonyl (C=O) groups excluding carboxylic acids is 1. The third-order valence-corrected chi connectivity index (χ3v) is 7.25. The number of hydrogen-bond donors (Lipinski definition) is 10. The molecular formula is C27H20O18. The third-order valence-electron chi connectivity index (χ3n) is 7.25. The van der Waals surface area contributed by atoms with Crippen LogP contribution >= 0.6 is 0 Å². The number of aliphatic hydroxyl groups is 4. The largest absolute Gasteiger partial charge is 0.504 e. The van der Waals surface area contributed by atoms with Gasteiger partial charge < -0.3 is 74.1 Å². The summed E-state index contributed by atoms with van der Waals surface area (Å²) in [5.41, 5.74) is -4.57. The summed E-state index contributed by atoms with van der Waals surface area (Å²) in [6.45, 7) is -0.867. The number of phenols is 6. The Balaban J connectivity index is 1.49. The van der Waals surface area contributed by atoms with Gasteiger partial charge in [-0.15, -0.1) is 0 Å². The van der Waals surface area contributed by atoms with Crippen LogP contribution in [0.3, 0.4) is 0 Å². The molecule has 18 heteroatoms. The van der Waals surface area contributed by atoms with Crippen LogP contribution in [0.1, 0.15) is 10.4 Å². The lowest BCUT2D eigenvalue weighted by atomic mass is 9.99. The summed E-state index contributed by atoms with van der Waals surface area (Å²) < 4.78 is 25.8. The maximum absolute atomic E-state index is 13.2. The standard InChI is InChI=1S/C27H20O18/c28-4-11-16(33)18(35)20(37)27(42-11)45-26(40)7-2-8(29)14(31)19(36)21(7)41-10-3-6-13-12-5(24(38)44-23(13)17(10)34)1-9(30)15(32)22(12)43-25(6)39/h1-3,11,16,18,20,27-37H,4H2/t11-,16-,18+,20-,27?/m1/s1. The van der Waals surface area contributed by atoms with E-state index in [2.05, 4.69) is 0 Å². The Hall–Kier alpha value is -5.53. The van der Waals surface area contributed by atoms with Crippen molar-refractivity contribution in [1.29, 1.82) is 0 Å². The molecule has 1 fully saturated rings. The van der Waals surface area contributed by atoms with E-state index in [4.69, 9.17) is 23.0 Å². The van der Waals surface area contributed by atoms with Crippen molar-refractivity contribution in [2.24, 2.45) is 0 Å². The van der Waals surface area contributed by atoms with Gasteiger partial charge in [0, 0.05) is 22.9 Å². The smallest absolute Gasteiger partial charge is 0.344 e. The predicted octanol–water partition coefficient (Wildman–Crippen LogP) is -0.527. The highest BCUT2D eigenvalue weighted by Gasteiger charge is 2.46. The van der Waals surface area contributed by atoms with Crippen LogP contribution in [0.5, 0.6) is 46.0 Å². The number of ether oxygens (including phenoxy) is 3. The first-order valence-electron chi connectivity index (χ1n) is 12.7. The average Bonchev–Trinajstić information content (AvgIpc) is 3.00. The molecule has 236 valence electrons. The van der Waals surface area contributed by atoms with E-state index in [1.807, 2.05) is 0 Å². The number of rotatable bonds is 5. The molecule has 5 aromatic rings. The fourth-order valence-electron chi connectivity index (χ4n) is 4.97. The minimum atomic E-state index is -2.05. The van der Waals surface area contributed by atoms with Gasteiger partial charge >= 0.3 is 17.2 Å². The molecule has 1 aliphatic rings. The van der Waals surface area contributed by atoms with Crippen LogP contribution in [0, 0.1) is 0 Å². The Bertz CT molecular complexity index is 2130. The van der Waals surface area contributed by atoms with Gasteiger partial charge in [0.15, 0.2) is 34.2 Å². The molecule has 1 unspecified atom stereocenters. The monoisotopic (exact) mass is 632 g/mol. The van der Waals surface area contributed by atoms with E-state index in [0.29, 0.717) is 6.07 Å². The molecule has 0 aliphatic carbocycles. The second-order valence-corrected chi connectivity index (χ2v) is 9.92. The van der Waals surface area contributed by atoms with E-state index in [1.54, 1.807) is 0 Å². The van der Waals surface area contributed by atoms with Crippen LogP contribution in [0.25, 0.3) is 32.7 Å². The summed E-state index contributed by atoms with van der Waals surface area (Å²) in [6, 6.07) is 2.19. The minimum absolute atomic E-state index is 0.220. The molecule has 0 saturated carbocycles. The van der Waals surface area contributed by atoms with Gasteiger partial charge in [-0.1, -0.05) is 0 Å². The molecule has 1 aliphatic heterocycles. The first-order valence-corrected chi connectivity index (χ1v) is 12.7. The van der Waals surface area contributed by atoms with Crippen molar-refractivity contribution >= 4 is 38.7 Å². The van der Waals surface area contributed by atoms with Crippen LogP contribution in [0.15, 0.2) is 36.6 Å². The number of benzene rings is 3. The normalized spacial score (nSPS) is 21.9. The van der Waals surface area contributed by atoms with Crippen molar-refractivity contribution in [2.75, 3.05) is 6.61 Å². The van der Waals surface area contributed by atoms with Crippen molar-refractivity contribution in [1.82, 2.24) is 0 Å². The van der Waals surface area contributed by atoms with Gasteiger partial charge in [-0.25, -0.2) is 14.4 Å². The molecule has 0 radical (unpaired) electrons. The van der Waals surface area contributed by atoms with Crippen molar-refractivity contribution in [3.8, 4) is 46.0 Å². The number of esters is 1. The SMILES string of the molecule is O=C(OC1O[C@H](CO)[C@@H](O)[C@H](O)[C@H]1O)c1cc(O)c(O)c(O)c1Oc1cc2c(=O)oc3c(O)c(O)cc4c(=O)oc(c1O)c2c34. The minimum Gasteiger partial charge on any atom is -0.504 e. The lowest BCUT2D eigenvalue weighted by Gasteiger charge is -2.39. The Morgan fingerprint density at radius 1 is 0.733 bits per heavy atom. The van der Waals surface area contributed by atoms with Crippen LogP contribution in [-0.4, -0.2) is 94.3 Å². The summed E-state index contributed by atoms with van der Waals surface area (Å²) in [7, 11) is 0. The zero-order valence-corrected chi connectivity index (χ0v) is 22.1. The second-order valence-electron chi connectivity index (χ2n) is 9.92. The van der Waals surface area contributed by atoms with Gasteiger partial charge in [-0.3, -0.25) is 0 Å². The molecule has 5 atom stereocenters. The molecular weight excluding hydrogens is 612 g/mol. The van der Waals surface area contributed by atoms with E-state index in [9.17, 15) is 65.4 Å². The third kappa shape index (κ3) is 4.35. The number of aliphatic hydroxyl groups excluding tert-OH is 4. The molecule has 18 nitrogen and oxygen atoms in total. The number of carbonyl (C=O) groups is 1. The van der Waals surface area contributed by atoms with Crippen LogP contribution < -0.4 is 16.0 Å². The summed E-state index contributed by atoms with van der Waals surface area (Å²) in [5, 5.41) is 100. The van der Waals surface area contributed by atoms with Gasteiger partial charge in [0.25, 0.3) is 0 Å². The topological polar surface area (TPSA) is 307 Å². The Morgan fingerprint density at radius 3 is 1.93 bits per heavy atom. The average molecular weight is 632 g/mol. The Labute approximate surface area is 245 Å². The molecule has 2 aromatic heterocycles. The highest BCUT2D eigenvalue weighted by atomic mass is 16.7. The van der Waals surface area contributed by atoms with Crippen molar-refractivity contribution in [3.63, 3.8) is 0 Å². The Kier molecular flexibility index (Phi) is 6.75. The first kappa shape index (κ1) is 29.5. The highest BCUT2D eigenvalue weighted by Crippen LogP contribution is 2.50. The molecule has 1 saturated heterocycles. The van der Waals surface area contributed by atoms with E-state index in [-0.39, 0.29) is 16.2 Å². The van der Waals surface area contributed by atoms with Gasteiger partial charge in [0.2, 0.25) is 29.3 Å². The quantitative estimate of drug-likeness (QED) is 0.0504. The van der Waals surface area contributed by atoms with E-state index < -0.39 is 123 Å². The zero-order chi connectivity index (χ0) is 32.6. The van der Waals surface area contributed by atoms with Gasteiger partial charge in [0.1, 0.15) is 30.0 Å². The van der Waals surface area contributed by atoms with Crippen molar-refractivity contribution in [3.05, 3.63) is 44.6 Å². The van der Waals surface area contributed by atoms with Gasteiger partial charge in [0.05, 0.1) is 17.4 Å². The summed E-state index contributed by atoms with van der Waals surface area (Å²) >= 11 is 0. The van der Waals surface area contributed by atoms with Gasteiger partial charge in [-0.2, -0.15) is 0 Å². The maximum atomic E-state index is 13.2. The summed E-state index contributed by atoms with van der Waals surface area (Å²) in [5.74, 6) is -9.73. The van der Waals surface area contributed by atoms with E-state index in [0.717, 1.165) is 12.1 Å². The molecule has 3 heterocycles. The summed E-state index contributed by atoms with van der Waals surface area (Å²) in [4.78, 5) is 38.8. The molecule has 0 spiro atoms. The van der Waals surface area contributed by atoms with E-state index >= 15 is 0 Å². The lowest BCUT2D eigenvalue weighted by molar-refractivity contribution is -0.285. The molecule has 3 aromatic carbocycles. The predicted molar refractivity (Wildman–Crippen MR) is 143 cm³/mol. The fourth-order valence-corrected chi connectivity index (χ4v) is 4.97. The van der Waals surface area contributed by atoms with Gasteiger partial charge in [-0.05, 0) is 6.07 Å². The van der Waals surface area contributed by atoms with Crippen molar-refractivity contribution < 1.29 is 78.9 Å². The van der Waals surface area contributed by atoms with Crippen molar-refractivity contribution in [2.45, 2.75) is 30.7 Å². The second kappa shape index (κ2) is 10.3. The van der Waals surface area contributed by atoms with Crippen LogP contribution in [0.2, 0.25) is 0 Å². The highest BCUT2D eigenvalue weighted by molar-refractivity contribution is 6.22. The number of hydrogen-bond acceptors (Lipinski definition) is 18. The summed E-state index contributed by atoms with van der Waals surface area (Å²) in [6.07, 6.45) is -9.31. The number of phenolic OH excluding ortho intramolecular Hbond substituents is 6. The van der Waals surface area contributed by atoms with Crippen LogP contribution in [0.4, 0.5) is 0 Å². The molecule has 0 bridgehead atoms. The van der Waals surface area contributed by atoms with E-state index in [1.165, 1.54) is 0 Å². The number of aromatic hydroxyl groups is 6. The van der Waals surface area contributed by atoms with Crippen LogP contribution in [-0.2, 0) is 9.47 Å². The molecule has 6 rings (SSSR count). The fraction of sp³-hybridized carbons (Fsp3) is 0.222. The zero-order valence-electron chi connectivity index (χ0n) is 22.1. The first-order chi connectivity index (χ1) is 21.2.